The number of benzene rings is 2. The zero-order valence-corrected chi connectivity index (χ0v) is 16.1. The molecular formula is C22H25NO4. The summed E-state index contributed by atoms with van der Waals surface area (Å²) in [7, 11) is 1.33. The van der Waals surface area contributed by atoms with Crippen molar-refractivity contribution in [3.63, 3.8) is 0 Å². The van der Waals surface area contributed by atoms with Gasteiger partial charge >= 0.3 is 5.97 Å². The lowest BCUT2D eigenvalue weighted by Crippen LogP contribution is -2.65. The Morgan fingerprint density at radius 2 is 1.81 bits per heavy atom. The molecule has 0 aliphatic carbocycles. The van der Waals surface area contributed by atoms with Gasteiger partial charge in [-0.2, -0.15) is 0 Å². The van der Waals surface area contributed by atoms with Crippen molar-refractivity contribution in [3.8, 4) is 5.75 Å². The van der Waals surface area contributed by atoms with Crippen LogP contribution < -0.4 is 4.90 Å². The highest BCUT2D eigenvalue weighted by Gasteiger charge is 2.52. The van der Waals surface area contributed by atoms with E-state index in [0.29, 0.717) is 12.1 Å². The molecule has 1 saturated heterocycles. The molecule has 1 aliphatic heterocycles. The molecule has 0 aromatic heterocycles. The summed E-state index contributed by atoms with van der Waals surface area (Å²) in [5, 5.41) is 9.64. The number of nitrogens with zero attached hydrogens (tertiary/aromatic N) is 1. The highest BCUT2D eigenvalue weighted by molar-refractivity contribution is 6.10. The Kier molecular flexibility index (Phi) is 4.96. The maximum absolute atomic E-state index is 12.8. The molecule has 1 heterocycles. The molecule has 0 spiro atoms. The Hall–Kier alpha value is -2.82. The maximum Gasteiger partial charge on any atom is 0.329 e. The van der Waals surface area contributed by atoms with Gasteiger partial charge in [0.15, 0.2) is 0 Å². The van der Waals surface area contributed by atoms with Gasteiger partial charge in [-0.05, 0) is 47.2 Å². The number of methoxy groups -OCH3 is 1. The number of phenols is 1. The molecule has 0 bridgehead atoms. The molecule has 2 aromatic rings. The number of amides is 1. The number of anilines is 1. The Morgan fingerprint density at radius 1 is 1.15 bits per heavy atom. The molecule has 0 unspecified atom stereocenters. The van der Waals surface area contributed by atoms with E-state index in [2.05, 4.69) is 20.8 Å². The SMILES string of the molecule is COC(=O)[C@@H]1[C@H](Cc2cccc(O)c2)C(=O)N1c1ccc(C(C)(C)C)cc1. The van der Waals surface area contributed by atoms with Gasteiger partial charge < -0.3 is 9.84 Å². The fraction of sp³-hybridized carbons (Fsp3) is 0.364. The van der Waals surface area contributed by atoms with Crippen molar-refractivity contribution in [2.24, 2.45) is 5.92 Å². The summed E-state index contributed by atoms with van der Waals surface area (Å²) in [4.78, 5) is 26.7. The normalized spacial score (nSPS) is 19.6. The minimum absolute atomic E-state index is 0.0110. The minimum atomic E-state index is -0.662. The summed E-state index contributed by atoms with van der Waals surface area (Å²) < 4.78 is 4.94. The van der Waals surface area contributed by atoms with Crippen LogP contribution in [0.25, 0.3) is 0 Å². The van der Waals surface area contributed by atoms with Crippen molar-refractivity contribution >= 4 is 17.6 Å². The smallest absolute Gasteiger partial charge is 0.329 e. The average molecular weight is 367 g/mol. The molecule has 1 aliphatic rings. The molecule has 2 atom stereocenters. The lowest BCUT2D eigenvalue weighted by atomic mass is 9.81. The predicted molar refractivity (Wildman–Crippen MR) is 104 cm³/mol. The maximum atomic E-state index is 12.8. The second-order valence-corrected chi connectivity index (χ2v) is 7.95. The first-order chi connectivity index (χ1) is 12.7. The standard InChI is InChI=1S/C22H25NO4/c1-22(2,3)15-8-10-16(11-9-15)23-19(21(26)27-4)18(20(23)25)13-14-6-5-7-17(24)12-14/h5-12,18-19,24H,13H2,1-4H3/t18-,19-/m0/s1. The van der Waals surface area contributed by atoms with Crippen LogP contribution in [0.15, 0.2) is 48.5 Å². The summed E-state index contributed by atoms with van der Waals surface area (Å²) in [5.41, 5.74) is 2.67. The number of hydrogen-bond donors (Lipinski definition) is 1. The van der Waals surface area contributed by atoms with E-state index in [4.69, 9.17) is 4.74 Å². The van der Waals surface area contributed by atoms with Gasteiger partial charge in [-0.1, -0.05) is 45.0 Å². The second-order valence-electron chi connectivity index (χ2n) is 7.95. The van der Waals surface area contributed by atoms with Gasteiger partial charge in [0.1, 0.15) is 11.8 Å². The van der Waals surface area contributed by atoms with E-state index < -0.39 is 17.9 Å². The van der Waals surface area contributed by atoms with Crippen LogP contribution in [0.1, 0.15) is 31.9 Å². The first kappa shape index (κ1) is 19.0. The topological polar surface area (TPSA) is 66.8 Å². The molecule has 5 nitrogen and oxygen atoms in total. The van der Waals surface area contributed by atoms with Crippen molar-refractivity contribution in [2.75, 3.05) is 12.0 Å². The van der Waals surface area contributed by atoms with E-state index in [1.54, 1.807) is 18.2 Å². The Labute approximate surface area is 159 Å². The van der Waals surface area contributed by atoms with Crippen molar-refractivity contribution in [3.05, 3.63) is 59.7 Å². The zero-order chi connectivity index (χ0) is 19.8. The summed E-state index contributed by atoms with van der Waals surface area (Å²) in [6, 6.07) is 13.8. The summed E-state index contributed by atoms with van der Waals surface area (Å²) in [6.45, 7) is 6.37. The Morgan fingerprint density at radius 3 is 2.37 bits per heavy atom. The lowest BCUT2D eigenvalue weighted by Gasteiger charge is -2.45. The number of carbonyl (C=O) groups excluding carboxylic acids is 2. The third-order valence-electron chi connectivity index (χ3n) is 5.03. The van der Waals surface area contributed by atoms with Crippen LogP contribution >= 0.6 is 0 Å². The van der Waals surface area contributed by atoms with E-state index in [-0.39, 0.29) is 17.1 Å². The van der Waals surface area contributed by atoms with E-state index in [9.17, 15) is 14.7 Å². The first-order valence-corrected chi connectivity index (χ1v) is 9.01. The van der Waals surface area contributed by atoms with Crippen LogP contribution in [-0.4, -0.2) is 30.1 Å². The Balaban J connectivity index is 1.85. The molecule has 0 saturated carbocycles. The Bertz CT molecular complexity index is 851. The van der Waals surface area contributed by atoms with E-state index in [0.717, 1.165) is 11.1 Å². The fourth-order valence-electron chi connectivity index (χ4n) is 3.49. The molecule has 1 fully saturated rings. The van der Waals surface area contributed by atoms with Crippen LogP contribution in [0, 0.1) is 5.92 Å². The van der Waals surface area contributed by atoms with Gasteiger partial charge in [0.05, 0.1) is 13.0 Å². The molecule has 2 aromatic carbocycles. The number of rotatable bonds is 4. The summed E-state index contributed by atoms with van der Waals surface area (Å²) >= 11 is 0. The third kappa shape index (κ3) is 3.68. The summed E-state index contributed by atoms with van der Waals surface area (Å²) in [5.74, 6) is -0.901. The van der Waals surface area contributed by atoms with Crippen molar-refractivity contribution < 1.29 is 19.4 Å². The predicted octanol–water partition coefficient (Wildman–Crippen LogP) is 3.44. The van der Waals surface area contributed by atoms with Gasteiger partial charge in [-0.3, -0.25) is 9.69 Å². The van der Waals surface area contributed by atoms with Crippen molar-refractivity contribution in [1.82, 2.24) is 0 Å². The van der Waals surface area contributed by atoms with Crippen LogP contribution in [-0.2, 0) is 26.2 Å². The monoisotopic (exact) mass is 367 g/mol. The molecule has 142 valence electrons. The highest BCUT2D eigenvalue weighted by atomic mass is 16.5. The number of phenolic OH excluding ortho intramolecular Hbond substituents is 1. The second kappa shape index (κ2) is 7.06. The molecule has 0 radical (unpaired) electrons. The number of β-lactam (4-membered cyclic amide) rings is 1. The zero-order valence-electron chi connectivity index (χ0n) is 16.1. The third-order valence-corrected chi connectivity index (χ3v) is 5.03. The molecule has 1 amide bonds. The van der Waals surface area contributed by atoms with E-state index in [1.807, 2.05) is 30.3 Å². The van der Waals surface area contributed by atoms with Gasteiger partial charge in [-0.15, -0.1) is 0 Å². The highest BCUT2D eigenvalue weighted by Crippen LogP contribution is 2.37. The molecule has 1 N–H and O–H groups in total. The lowest BCUT2D eigenvalue weighted by molar-refractivity contribution is -0.152. The number of carbonyl (C=O) groups is 2. The minimum Gasteiger partial charge on any atom is -0.508 e. The number of hydrogen-bond acceptors (Lipinski definition) is 4. The van der Waals surface area contributed by atoms with E-state index >= 15 is 0 Å². The number of aromatic hydroxyl groups is 1. The molecular weight excluding hydrogens is 342 g/mol. The average Bonchev–Trinajstić information content (AvgIpc) is 2.63. The molecule has 5 heteroatoms. The van der Waals surface area contributed by atoms with Crippen LogP contribution in [0.2, 0.25) is 0 Å². The summed E-state index contributed by atoms with van der Waals surface area (Å²) in [6.07, 6.45) is 0.379. The van der Waals surface area contributed by atoms with Crippen molar-refractivity contribution in [1.29, 1.82) is 0 Å². The van der Waals surface area contributed by atoms with Gasteiger partial charge in [0, 0.05) is 5.69 Å². The largest absolute Gasteiger partial charge is 0.508 e. The first-order valence-electron chi connectivity index (χ1n) is 9.01. The van der Waals surface area contributed by atoms with Crippen LogP contribution in [0.4, 0.5) is 5.69 Å². The number of esters is 1. The van der Waals surface area contributed by atoms with Gasteiger partial charge in [0.25, 0.3) is 0 Å². The van der Waals surface area contributed by atoms with Gasteiger partial charge in [0.2, 0.25) is 5.91 Å². The van der Waals surface area contributed by atoms with Gasteiger partial charge in [-0.25, -0.2) is 4.79 Å². The fourth-order valence-corrected chi connectivity index (χ4v) is 3.49. The molecule has 3 rings (SSSR count). The van der Waals surface area contributed by atoms with Crippen LogP contribution in [0.5, 0.6) is 5.75 Å². The quantitative estimate of drug-likeness (QED) is 0.664. The van der Waals surface area contributed by atoms with Crippen molar-refractivity contribution in [2.45, 2.75) is 38.6 Å². The van der Waals surface area contributed by atoms with Crippen LogP contribution in [0.3, 0.4) is 0 Å². The number of ether oxygens (including phenoxy) is 1. The van der Waals surface area contributed by atoms with E-state index in [1.165, 1.54) is 12.0 Å². The molecule has 27 heavy (non-hydrogen) atoms.